The van der Waals surface area contributed by atoms with Crippen molar-refractivity contribution in [3.63, 3.8) is 0 Å². The molecule has 0 amide bonds. The smallest absolute Gasteiger partial charge is 0.231 e. The van der Waals surface area contributed by atoms with Gasteiger partial charge in [-0.3, -0.25) is 0 Å². The van der Waals surface area contributed by atoms with E-state index in [2.05, 4.69) is 29.8 Å². The highest BCUT2D eigenvalue weighted by atomic mass is 79.9. The summed E-state index contributed by atoms with van der Waals surface area (Å²) < 4.78 is 30.3. The van der Waals surface area contributed by atoms with Crippen LogP contribution in [0.5, 0.6) is 11.5 Å². The molecule has 2 aromatic rings. The molecule has 0 atom stereocenters. The van der Waals surface area contributed by atoms with Crippen molar-refractivity contribution in [3.8, 4) is 11.5 Å². The van der Waals surface area contributed by atoms with E-state index in [0.29, 0.717) is 17.7 Å². The van der Waals surface area contributed by atoms with Crippen LogP contribution in [-0.4, -0.2) is 13.4 Å². The van der Waals surface area contributed by atoms with Gasteiger partial charge >= 0.3 is 0 Å². The van der Waals surface area contributed by atoms with E-state index in [1.165, 1.54) is 6.07 Å². The Morgan fingerprint density at radius 1 is 1.13 bits per heavy atom. The van der Waals surface area contributed by atoms with E-state index in [1.54, 1.807) is 12.1 Å². The summed E-state index contributed by atoms with van der Waals surface area (Å²) >= 11 is 3.19. The molecule has 23 heavy (non-hydrogen) atoms. The zero-order valence-corrected chi connectivity index (χ0v) is 14.7. The fraction of sp³-hybridized carbons (Fsp3) is 0.333. The fourth-order valence-electron chi connectivity index (χ4n) is 2.45. The van der Waals surface area contributed by atoms with Gasteiger partial charge in [0.1, 0.15) is 5.82 Å². The van der Waals surface area contributed by atoms with Gasteiger partial charge in [-0.2, -0.15) is 0 Å². The first-order valence-corrected chi connectivity index (χ1v) is 8.17. The Bertz CT molecular complexity index is 715. The third kappa shape index (κ3) is 3.67. The average molecular weight is 381 g/mol. The second kappa shape index (κ2) is 6.49. The summed E-state index contributed by atoms with van der Waals surface area (Å²) in [4.78, 5) is 0. The lowest BCUT2D eigenvalue weighted by Gasteiger charge is -2.25. The maximum Gasteiger partial charge on any atom is 0.231 e. The van der Waals surface area contributed by atoms with Crippen LogP contribution in [0.15, 0.2) is 40.9 Å². The SMILES string of the molecule is CC(C)(COCc1ccc(F)c(Br)c1)c1ccc2c(c1)OCO2. The molecular formula is C18H18BrFO3. The summed E-state index contributed by atoms with van der Waals surface area (Å²) in [7, 11) is 0. The maximum atomic E-state index is 13.2. The number of hydrogen-bond donors (Lipinski definition) is 0. The van der Waals surface area contributed by atoms with Gasteiger partial charge in [0.05, 0.1) is 17.7 Å². The summed E-state index contributed by atoms with van der Waals surface area (Å²) in [5.74, 6) is 1.29. The number of rotatable bonds is 5. The Morgan fingerprint density at radius 2 is 1.91 bits per heavy atom. The third-order valence-electron chi connectivity index (χ3n) is 3.87. The normalized spacial score (nSPS) is 13.4. The Labute approximate surface area is 143 Å². The van der Waals surface area contributed by atoms with Crippen molar-refractivity contribution in [1.29, 1.82) is 0 Å². The molecule has 0 saturated heterocycles. The van der Waals surface area contributed by atoms with Crippen LogP contribution in [0.3, 0.4) is 0 Å². The number of halogens is 2. The summed E-state index contributed by atoms with van der Waals surface area (Å²) in [5, 5.41) is 0. The molecule has 3 nitrogen and oxygen atoms in total. The molecule has 0 aliphatic carbocycles. The molecule has 0 saturated carbocycles. The van der Waals surface area contributed by atoms with Gasteiger partial charge in [0, 0.05) is 5.41 Å². The van der Waals surface area contributed by atoms with Gasteiger partial charge in [-0.05, 0) is 51.3 Å². The predicted molar refractivity (Wildman–Crippen MR) is 89.3 cm³/mol. The third-order valence-corrected chi connectivity index (χ3v) is 4.48. The summed E-state index contributed by atoms with van der Waals surface area (Å²) in [5.41, 5.74) is 1.89. The van der Waals surface area contributed by atoms with E-state index in [4.69, 9.17) is 14.2 Å². The van der Waals surface area contributed by atoms with Gasteiger partial charge in [-0.1, -0.05) is 26.0 Å². The van der Waals surface area contributed by atoms with Crippen LogP contribution >= 0.6 is 15.9 Å². The van der Waals surface area contributed by atoms with Crippen molar-refractivity contribution >= 4 is 15.9 Å². The second-order valence-corrected chi connectivity index (χ2v) is 7.05. The Hall–Kier alpha value is -1.59. The van der Waals surface area contributed by atoms with Crippen LogP contribution in [0.1, 0.15) is 25.0 Å². The van der Waals surface area contributed by atoms with E-state index < -0.39 is 0 Å². The van der Waals surface area contributed by atoms with Crippen LogP contribution in [0, 0.1) is 5.82 Å². The Kier molecular flexibility index (Phi) is 4.60. The summed E-state index contributed by atoms with van der Waals surface area (Å²) in [6.45, 7) is 5.49. The van der Waals surface area contributed by atoms with Crippen LogP contribution in [0.2, 0.25) is 0 Å². The molecule has 1 aliphatic heterocycles. The van der Waals surface area contributed by atoms with Gasteiger partial charge in [0.15, 0.2) is 11.5 Å². The molecular weight excluding hydrogens is 363 g/mol. The van der Waals surface area contributed by atoms with Gasteiger partial charge in [-0.15, -0.1) is 0 Å². The molecule has 0 aromatic heterocycles. The minimum Gasteiger partial charge on any atom is -0.454 e. The highest BCUT2D eigenvalue weighted by molar-refractivity contribution is 9.10. The molecule has 1 aliphatic rings. The molecule has 122 valence electrons. The first-order chi connectivity index (χ1) is 11.0. The second-order valence-electron chi connectivity index (χ2n) is 6.19. The predicted octanol–water partition coefficient (Wildman–Crippen LogP) is 4.81. The standard InChI is InChI=1S/C18H18BrFO3/c1-18(2,13-4-6-16-17(8-13)23-11-22-16)10-21-9-12-3-5-15(20)14(19)7-12/h3-8H,9-11H2,1-2H3. The monoisotopic (exact) mass is 380 g/mol. The Balaban J connectivity index is 1.63. The van der Waals surface area contributed by atoms with E-state index in [-0.39, 0.29) is 18.0 Å². The average Bonchev–Trinajstić information content (AvgIpc) is 2.98. The van der Waals surface area contributed by atoms with E-state index in [9.17, 15) is 4.39 Å². The van der Waals surface area contributed by atoms with Crippen LogP contribution in [-0.2, 0) is 16.8 Å². The largest absolute Gasteiger partial charge is 0.454 e. The van der Waals surface area contributed by atoms with Gasteiger partial charge in [-0.25, -0.2) is 4.39 Å². The van der Waals surface area contributed by atoms with Crippen molar-refractivity contribution in [3.05, 3.63) is 57.8 Å². The maximum absolute atomic E-state index is 13.2. The number of fused-ring (bicyclic) bond motifs is 1. The zero-order chi connectivity index (χ0) is 16.4. The lowest BCUT2D eigenvalue weighted by Crippen LogP contribution is -2.24. The summed E-state index contributed by atoms with van der Waals surface area (Å²) in [6, 6.07) is 10.9. The van der Waals surface area contributed by atoms with Gasteiger partial charge in [0.25, 0.3) is 0 Å². The van der Waals surface area contributed by atoms with E-state index >= 15 is 0 Å². The minimum absolute atomic E-state index is 0.168. The highest BCUT2D eigenvalue weighted by Gasteiger charge is 2.24. The fourth-order valence-corrected chi connectivity index (χ4v) is 2.88. The molecule has 1 heterocycles. The molecule has 0 N–H and O–H groups in total. The molecule has 3 rings (SSSR count). The molecule has 0 bridgehead atoms. The topological polar surface area (TPSA) is 27.7 Å². The van der Waals surface area contributed by atoms with E-state index in [0.717, 1.165) is 22.6 Å². The first-order valence-electron chi connectivity index (χ1n) is 7.37. The molecule has 0 radical (unpaired) electrons. The van der Waals surface area contributed by atoms with Crippen LogP contribution < -0.4 is 9.47 Å². The lowest BCUT2D eigenvalue weighted by molar-refractivity contribution is 0.0823. The molecule has 0 fully saturated rings. The van der Waals surface area contributed by atoms with Crippen molar-refractivity contribution in [2.24, 2.45) is 0 Å². The summed E-state index contributed by atoms with van der Waals surface area (Å²) in [6.07, 6.45) is 0. The number of benzene rings is 2. The lowest BCUT2D eigenvalue weighted by atomic mass is 9.85. The van der Waals surface area contributed by atoms with Gasteiger partial charge in [0.2, 0.25) is 6.79 Å². The van der Waals surface area contributed by atoms with Crippen molar-refractivity contribution in [2.45, 2.75) is 25.9 Å². The van der Waals surface area contributed by atoms with E-state index in [1.807, 2.05) is 18.2 Å². The molecule has 5 heteroatoms. The van der Waals surface area contributed by atoms with Crippen molar-refractivity contribution < 1.29 is 18.6 Å². The quantitative estimate of drug-likeness (QED) is 0.744. The highest BCUT2D eigenvalue weighted by Crippen LogP contribution is 2.36. The van der Waals surface area contributed by atoms with Gasteiger partial charge < -0.3 is 14.2 Å². The van der Waals surface area contributed by atoms with Crippen molar-refractivity contribution in [2.75, 3.05) is 13.4 Å². The molecule has 2 aromatic carbocycles. The van der Waals surface area contributed by atoms with Crippen molar-refractivity contribution in [1.82, 2.24) is 0 Å². The number of ether oxygens (including phenoxy) is 3. The Morgan fingerprint density at radius 3 is 2.70 bits per heavy atom. The van der Waals surface area contributed by atoms with Crippen LogP contribution in [0.4, 0.5) is 4.39 Å². The molecule has 0 unspecified atom stereocenters. The minimum atomic E-state index is -0.269. The number of hydrogen-bond acceptors (Lipinski definition) is 3. The first kappa shape index (κ1) is 16.3. The van der Waals surface area contributed by atoms with Crippen LogP contribution in [0.25, 0.3) is 0 Å². The molecule has 0 spiro atoms. The zero-order valence-electron chi connectivity index (χ0n) is 13.1.